The second-order valence-electron chi connectivity index (χ2n) is 5.77. The van der Waals surface area contributed by atoms with E-state index in [2.05, 4.69) is 5.32 Å². The average Bonchev–Trinajstić information content (AvgIpc) is 2.73. The van der Waals surface area contributed by atoms with Gasteiger partial charge in [-0.05, 0) is 23.8 Å². The fourth-order valence-corrected chi connectivity index (χ4v) is 2.69. The van der Waals surface area contributed by atoms with Crippen LogP contribution in [-0.4, -0.2) is 26.7 Å². The molecule has 5 heteroatoms. The van der Waals surface area contributed by atoms with Crippen molar-refractivity contribution in [1.29, 1.82) is 0 Å². The number of anilines is 1. The van der Waals surface area contributed by atoms with Crippen LogP contribution < -0.4 is 19.5 Å². The molecule has 0 spiro atoms. The van der Waals surface area contributed by atoms with Crippen LogP contribution in [0.15, 0.2) is 72.8 Å². The Labute approximate surface area is 158 Å². The van der Waals surface area contributed by atoms with Crippen molar-refractivity contribution in [1.82, 2.24) is 0 Å². The highest BCUT2D eigenvalue weighted by Gasteiger charge is 2.11. The molecule has 0 aliphatic rings. The highest BCUT2D eigenvalue weighted by molar-refractivity contribution is 5.93. The van der Waals surface area contributed by atoms with Crippen molar-refractivity contribution in [2.75, 3.05) is 26.1 Å². The lowest BCUT2D eigenvalue weighted by atomic mass is 10.1. The van der Waals surface area contributed by atoms with Crippen LogP contribution in [0.1, 0.15) is 0 Å². The molecule has 0 heterocycles. The summed E-state index contributed by atoms with van der Waals surface area (Å²) in [5.74, 6) is 1.54. The zero-order chi connectivity index (χ0) is 19.1. The third kappa shape index (κ3) is 4.58. The Kier molecular flexibility index (Phi) is 5.94. The van der Waals surface area contributed by atoms with Crippen LogP contribution in [0.25, 0.3) is 11.1 Å². The number of para-hydroxylation sites is 1. The summed E-state index contributed by atoms with van der Waals surface area (Å²) in [6.45, 7) is -0.121. The minimum absolute atomic E-state index is 0.121. The van der Waals surface area contributed by atoms with Crippen LogP contribution in [0.4, 0.5) is 5.69 Å². The molecule has 138 valence electrons. The molecule has 0 aliphatic heterocycles. The predicted molar refractivity (Wildman–Crippen MR) is 106 cm³/mol. The molecule has 0 saturated heterocycles. The van der Waals surface area contributed by atoms with Gasteiger partial charge in [-0.2, -0.15) is 0 Å². The van der Waals surface area contributed by atoms with Crippen LogP contribution in [0.2, 0.25) is 0 Å². The number of carbonyl (C=O) groups excluding carboxylic acids is 1. The highest BCUT2D eigenvalue weighted by atomic mass is 16.5. The molecule has 0 fully saturated rings. The number of carbonyl (C=O) groups is 1. The highest BCUT2D eigenvalue weighted by Crippen LogP contribution is 2.30. The van der Waals surface area contributed by atoms with Crippen molar-refractivity contribution in [3.63, 3.8) is 0 Å². The van der Waals surface area contributed by atoms with Gasteiger partial charge in [0.05, 0.1) is 19.9 Å². The van der Waals surface area contributed by atoms with Crippen molar-refractivity contribution in [3.05, 3.63) is 72.8 Å². The molecule has 0 saturated carbocycles. The van der Waals surface area contributed by atoms with Crippen LogP contribution in [0, 0.1) is 0 Å². The molecule has 0 radical (unpaired) electrons. The van der Waals surface area contributed by atoms with E-state index in [9.17, 15) is 4.79 Å². The fourth-order valence-electron chi connectivity index (χ4n) is 2.69. The molecule has 0 aliphatic carbocycles. The van der Waals surface area contributed by atoms with Gasteiger partial charge in [-0.25, -0.2) is 0 Å². The van der Waals surface area contributed by atoms with Gasteiger partial charge in [0.2, 0.25) is 0 Å². The smallest absolute Gasteiger partial charge is 0.262 e. The van der Waals surface area contributed by atoms with Crippen molar-refractivity contribution < 1.29 is 19.0 Å². The summed E-state index contributed by atoms with van der Waals surface area (Å²) in [4.78, 5) is 12.4. The van der Waals surface area contributed by atoms with E-state index in [0.29, 0.717) is 22.9 Å². The Morgan fingerprint density at radius 2 is 1.59 bits per heavy atom. The van der Waals surface area contributed by atoms with Gasteiger partial charge in [-0.3, -0.25) is 4.79 Å². The minimum Gasteiger partial charge on any atom is -0.497 e. The van der Waals surface area contributed by atoms with Crippen molar-refractivity contribution in [2.24, 2.45) is 0 Å². The molecule has 1 N–H and O–H groups in total. The largest absolute Gasteiger partial charge is 0.497 e. The maximum atomic E-state index is 12.4. The molecule has 0 unspecified atom stereocenters. The lowest BCUT2D eigenvalue weighted by Crippen LogP contribution is -2.20. The quantitative estimate of drug-likeness (QED) is 0.676. The topological polar surface area (TPSA) is 56.8 Å². The summed E-state index contributed by atoms with van der Waals surface area (Å²) in [5, 5.41) is 2.80. The van der Waals surface area contributed by atoms with Crippen molar-refractivity contribution in [2.45, 2.75) is 0 Å². The number of ether oxygens (including phenoxy) is 3. The van der Waals surface area contributed by atoms with E-state index in [1.54, 1.807) is 32.4 Å². The zero-order valence-electron chi connectivity index (χ0n) is 15.3. The first kappa shape index (κ1) is 18.3. The van der Waals surface area contributed by atoms with E-state index in [1.807, 2.05) is 54.6 Å². The second kappa shape index (κ2) is 8.76. The summed E-state index contributed by atoms with van der Waals surface area (Å²) in [6.07, 6.45) is 0. The minimum atomic E-state index is -0.288. The summed E-state index contributed by atoms with van der Waals surface area (Å²) in [7, 11) is 3.11. The normalized spacial score (nSPS) is 10.1. The van der Waals surface area contributed by atoms with Gasteiger partial charge in [-0.1, -0.05) is 48.5 Å². The number of rotatable bonds is 7. The molecule has 1 amide bonds. The number of methoxy groups -OCH3 is 2. The Hall–Kier alpha value is -3.47. The standard InChI is InChI=1S/C22H21NO4/c1-25-17-12-13-21(26-2)19(14-17)23-22(24)15-27-20-11-7-6-10-18(20)16-8-4-3-5-9-16/h3-14H,15H2,1-2H3,(H,23,24). The average molecular weight is 363 g/mol. The first-order valence-electron chi connectivity index (χ1n) is 8.50. The SMILES string of the molecule is COc1ccc(OC)c(NC(=O)COc2ccccc2-c2ccccc2)c1. The molecular formula is C22H21NO4. The van der Waals surface area contributed by atoms with Crippen LogP contribution >= 0.6 is 0 Å². The van der Waals surface area contributed by atoms with E-state index < -0.39 is 0 Å². The Balaban J connectivity index is 1.71. The van der Waals surface area contributed by atoms with Gasteiger partial charge in [0.25, 0.3) is 5.91 Å². The molecule has 0 aromatic heterocycles. The number of amides is 1. The summed E-state index contributed by atoms with van der Waals surface area (Å²) < 4.78 is 16.2. The van der Waals surface area contributed by atoms with Gasteiger partial charge < -0.3 is 19.5 Å². The lowest BCUT2D eigenvalue weighted by molar-refractivity contribution is -0.118. The Morgan fingerprint density at radius 3 is 2.33 bits per heavy atom. The lowest BCUT2D eigenvalue weighted by Gasteiger charge is -2.14. The van der Waals surface area contributed by atoms with E-state index in [0.717, 1.165) is 11.1 Å². The van der Waals surface area contributed by atoms with Gasteiger partial charge in [0.15, 0.2) is 6.61 Å². The van der Waals surface area contributed by atoms with Crippen LogP contribution in [0.3, 0.4) is 0 Å². The van der Waals surface area contributed by atoms with E-state index in [1.165, 1.54) is 0 Å². The molecule has 5 nitrogen and oxygen atoms in total. The molecular weight excluding hydrogens is 342 g/mol. The molecule has 27 heavy (non-hydrogen) atoms. The van der Waals surface area contributed by atoms with E-state index in [4.69, 9.17) is 14.2 Å². The third-order valence-electron chi connectivity index (χ3n) is 4.01. The Bertz CT molecular complexity index is 909. The first-order valence-corrected chi connectivity index (χ1v) is 8.50. The molecule has 0 atom stereocenters. The predicted octanol–water partition coefficient (Wildman–Crippen LogP) is 4.39. The maximum absolute atomic E-state index is 12.4. The van der Waals surface area contributed by atoms with Gasteiger partial charge in [0.1, 0.15) is 17.2 Å². The van der Waals surface area contributed by atoms with Gasteiger partial charge in [0, 0.05) is 11.6 Å². The molecule has 3 aromatic rings. The second-order valence-corrected chi connectivity index (χ2v) is 5.77. The zero-order valence-corrected chi connectivity index (χ0v) is 15.3. The monoisotopic (exact) mass is 363 g/mol. The summed E-state index contributed by atoms with van der Waals surface area (Å²) in [6, 6.07) is 22.7. The number of hydrogen-bond donors (Lipinski definition) is 1. The molecule has 0 bridgehead atoms. The van der Waals surface area contributed by atoms with E-state index in [-0.39, 0.29) is 12.5 Å². The van der Waals surface area contributed by atoms with Crippen LogP contribution in [0.5, 0.6) is 17.2 Å². The Morgan fingerprint density at radius 1 is 0.852 bits per heavy atom. The number of hydrogen-bond acceptors (Lipinski definition) is 4. The summed E-state index contributed by atoms with van der Waals surface area (Å²) >= 11 is 0. The number of benzene rings is 3. The van der Waals surface area contributed by atoms with Crippen molar-refractivity contribution in [3.8, 4) is 28.4 Å². The van der Waals surface area contributed by atoms with Gasteiger partial charge >= 0.3 is 0 Å². The van der Waals surface area contributed by atoms with Crippen LogP contribution in [-0.2, 0) is 4.79 Å². The van der Waals surface area contributed by atoms with Crippen molar-refractivity contribution >= 4 is 11.6 Å². The first-order chi connectivity index (χ1) is 13.2. The van der Waals surface area contributed by atoms with E-state index >= 15 is 0 Å². The summed E-state index contributed by atoms with van der Waals surface area (Å²) in [5.41, 5.74) is 2.50. The third-order valence-corrected chi connectivity index (χ3v) is 4.01. The maximum Gasteiger partial charge on any atom is 0.262 e. The molecule has 3 rings (SSSR count). The molecule has 3 aromatic carbocycles. The fraction of sp³-hybridized carbons (Fsp3) is 0.136. The number of nitrogens with one attached hydrogen (secondary N) is 1. The van der Waals surface area contributed by atoms with Gasteiger partial charge in [-0.15, -0.1) is 0 Å².